The molecule has 18 heavy (non-hydrogen) atoms. The van der Waals surface area contributed by atoms with Gasteiger partial charge in [-0.05, 0) is 36.5 Å². The Hall–Kier alpha value is -1.65. The number of alkyl halides is 2. The molecule has 0 aliphatic heterocycles. The Morgan fingerprint density at radius 1 is 1.33 bits per heavy atom. The number of carbonyl (C=O) groups is 1. The number of rotatable bonds is 7. The van der Waals surface area contributed by atoms with Crippen molar-refractivity contribution in [3.05, 3.63) is 23.8 Å². The summed E-state index contributed by atoms with van der Waals surface area (Å²) >= 11 is 0. The van der Waals surface area contributed by atoms with Gasteiger partial charge in [-0.3, -0.25) is 0 Å². The summed E-state index contributed by atoms with van der Waals surface area (Å²) in [6, 6.07) is 4.57. The molecule has 3 nitrogen and oxygen atoms in total. The second-order valence-corrected chi connectivity index (χ2v) is 4.28. The van der Waals surface area contributed by atoms with Gasteiger partial charge in [-0.1, -0.05) is 6.07 Å². The molecule has 0 saturated heterocycles. The van der Waals surface area contributed by atoms with Gasteiger partial charge < -0.3 is 14.3 Å². The molecule has 0 heterocycles. The normalized spacial score (nSPS) is 14.6. The molecular weight excluding hydrogens is 242 g/mol. The van der Waals surface area contributed by atoms with Crippen LogP contribution in [0, 0.1) is 5.92 Å². The Labute approximate surface area is 104 Å². The predicted molar refractivity (Wildman–Crippen MR) is 61.1 cm³/mol. The molecule has 0 bridgehead atoms. The van der Waals surface area contributed by atoms with Gasteiger partial charge in [-0.15, -0.1) is 0 Å². The molecule has 1 aromatic rings. The highest BCUT2D eigenvalue weighted by Gasteiger charge is 2.23. The summed E-state index contributed by atoms with van der Waals surface area (Å²) in [6.45, 7) is -2.38. The van der Waals surface area contributed by atoms with E-state index in [0.717, 1.165) is 24.7 Å². The summed E-state index contributed by atoms with van der Waals surface area (Å²) < 4.78 is 34.3. The molecule has 98 valence electrons. The van der Waals surface area contributed by atoms with Gasteiger partial charge in [-0.25, -0.2) is 0 Å². The zero-order valence-electron chi connectivity index (χ0n) is 9.77. The Morgan fingerprint density at radius 3 is 2.72 bits per heavy atom. The zero-order chi connectivity index (χ0) is 13.0. The number of benzene rings is 1. The number of aldehydes is 1. The highest BCUT2D eigenvalue weighted by atomic mass is 19.3. The van der Waals surface area contributed by atoms with Crippen molar-refractivity contribution in [3.63, 3.8) is 0 Å². The highest BCUT2D eigenvalue weighted by Crippen LogP contribution is 2.34. The first-order valence-corrected chi connectivity index (χ1v) is 5.83. The van der Waals surface area contributed by atoms with Crippen molar-refractivity contribution in [3.8, 4) is 11.5 Å². The maximum Gasteiger partial charge on any atom is 0.387 e. The third-order valence-electron chi connectivity index (χ3n) is 2.71. The quantitative estimate of drug-likeness (QED) is 0.704. The molecule has 1 aliphatic carbocycles. The first-order chi connectivity index (χ1) is 8.69. The Balaban J connectivity index is 2.11. The van der Waals surface area contributed by atoms with E-state index in [9.17, 15) is 13.6 Å². The lowest BCUT2D eigenvalue weighted by Gasteiger charge is -2.13. The molecule has 0 spiro atoms. The van der Waals surface area contributed by atoms with Crippen LogP contribution in [0.3, 0.4) is 0 Å². The number of hydrogen-bond acceptors (Lipinski definition) is 3. The smallest absolute Gasteiger partial charge is 0.387 e. The van der Waals surface area contributed by atoms with Crippen molar-refractivity contribution in [1.82, 2.24) is 0 Å². The third-order valence-corrected chi connectivity index (χ3v) is 2.71. The largest absolute Gasteiger partial charge is 0.489 e. The SMILES string of the molecule is O=CCc1ccc(OC(F)F)c(OCC2CC2)c1. The lowest BCUT2D eigenvalue weighted by molar-refractivity contribution is -0.107. The average molecular weight is 256 g/mol. The molecule has 1 aromatic carbocycles. The number of hydrogen-bond donors (Lipinski definition) is 0. The molecular formula is C13H14F2O3. The van der Waals surface area contributed by atoms with Crippen LogP contribution >= 0.6 is 0 Å². The number of ether oxygens (including phenoxy) is 2. The molecule has 5 heteroatoms. The topological polar surface area (TPSA) is 35.5 Å². The monoisotopic (exact) mass is 256 g/mol. The minimum Gasteiger partial charge on any atom is -0.489 e. The van der Waals surface area contributed by atoms with Crippen LogP contribution in [0.1, 0.15) is 18.4 Å². The molecule has 0 unspecified atom stereocenters. The van der Waals surface area contributed by atoms with Crippen molar-refractivity contribution < 1.29 is 23.0 Å². The minimum absolute atomic E-state index is 0.0142. The van der Waals surface area contributed by atoms with Crippen LogP contribution < -0.4 is 9.47 Å². The van der Waals surface area contributed by atoms with E-state index < -0.39 is 6.61 Å². The van der Waals surface area contributed by atoms with Crippen molar-refractivity contribution in [1.29, 1.82) is 0 Å². The maximum absolute atomic E-state index is 12.2. The predicted octanol–water partition coefficient (Wildman–Crippen LogP) is 2.82. The van der Waals surface area contributed by atoms with E-state index in [1.54, 1.807) is 12.1 Å². The van der Waals surface area contributed by atoms with E-state index in [1.807, 2.05) is 0 Å². The van der Waals surface area contributed by atoms with E-state index in [-0.39, 0.29) is 17.9 Å². The van der Waals surface area contributed by atoms with Crippen LogP contribution in [0.25, 0.3) is 0 Å². The van der Waals surface area contributed by atoms with E-state index in [0.29, 0.717) is 12.5 Å². The van der Waals surface area contributed by atoms with E-state index in [1.165, 1.54) is 6.07 Å². The number of halogens is 2. The molecule has 0 atom stereocenters. The standard InChI is InChI=1S/C13H14F2O3/c14-13(15)18-11-4-3-9(5-6-16)7-12(11)17-8-10-1-2-10/h3-4,6-7,10,13H,1-2,5,8H2. The molecule has 0 N–H and O–H groups in total. The first-order valence-electron chi connectivity index (χ1n) is 5.83. The maximum atomic E-state index is 12.2. The molecule has 1 aliphatic rings. The van der Waals surface area contributed by atoms with Gasteiger partial charge in [0, 0.05) is 6.42 Å². The average Bonchev–Trinajstić information content (AvgIpc) is 3.13. The fourth-order valence-corrected chi connectivity index (χ4v) is 1.57. The summed E-state index contributed by atoms with van der Waals surface area (Å²) in [7, 11) is 0. The van der Waals surface area contributed by atoms with Crippen LogP contribution in [0.15, 0.2) is 18.2 Å². The van der Waals surface area contributed by atoms with Gasteiger partial charge in [0.15, 0.2) is 11.5 Å². The summed E-state index contributed by atoms with van der Waals surface area (Å²) in [5.41, 5.74) is 0.720. The summed E-state index contributed by atoms with van der Waals surface area (Å²) in [5.74, 6) is 0.806. The van der Waals surface area contributed by atoms with Crippen LogP contribution in [0.4, 0.5) is 8.78 Å². The minimum atomic E-state index is -2.88. The van der Waals surface area contributed by atoms with Gasteiger partial charge in [0.2, 0.25) is 0 Å². The van der Waals surface area contributed by atoms with Crippen molar-refractivity contribution in [2.75, 3.05) is 6.61 Å². The van der Waals surface area contributed by atoms with E-state index >= 15 is 0 Å². The Kier molecular flexibility index (Phi) is 4.12. The second kappa shape index (κ2) is 5.80. The van der Waals surface area contributed by atoms with Crippen LogP contribution in [0.5, 0.6) is 11.5 Å². The fraction of sp³-hybridized carbons (Fsp3) is 0.462. The van der Waals surface area contributed by atoms with Gasteiger partial charge in [0.25, 0.3) is 0 Å². The van der Waals surface area contributed by atoms with Gasteiger partial charge in [-0.2, -0.15) is 8.78 Å². The van der Waals surface area contributed by atoms with Gasteiger partial charge in [0.1, 0.15) is 6.29 Å². The molecule has 0 radical (unpaired) electrons. The van der Waals surface area contributed by atoms with Crippen LogP contribution in [0.2, 0.25) is 0 Å². The van der Waals surface area contributed by atoms with Crippen LogP contribution in [-0.4, -0.2) is 19.5 Å². The van der Waals surface area contributed by atoms with Crippen molar-refractivity contribution >= 4 is 6.29 Å². The first kappa shape index (κ1) is 12.8. The molecule has 0 amide bonds. The van der Waals surface area contributed by atoms with E-state index in [2.05, 4.69) is 4.74 Å². The van der Waals surface area contributed by atoms with Gasteiger partial charge >= 0.3 is 6.61 Å². The van der Waals surface area contributed by atoms with Crippen molar-refractivity contribution in [2.24, 2.45) is 5.92 Å². The lowest BCUT2D eigenvalue weighted by atomic mass is 10.1. The molecule has 2 rings (SSSR count). The summed E-state index contributed by atoms with van der Waals surface area (Å²) in [5, 5.41) is 0. The highest BCUT2D eigenvalue weighted by molar-refractivity contribution is 5.56. The summed E-state index contributed by atoms with van der Waals surface area (Å²) in [6.07, 6.45) is 3.21. The Bertz CT molecular complexity index is 417. The van der Waals surface area contributed by atoms with Crippen molar-refractivity contribution in [2.45, 2.75) is 25.9 Å². The Morgan fingerprint density at radius 2 is 2.11 bits per heavy atom. The van der Waals surface area contributed by atoms with Crippen LogP contribution in [-0.2, 0) is 11.2 Å². The zero-order valence-corrected chi connectivity index (χ0v) is 9.77. The fourth-order valence-electron chi connectivity index (χ4n) is 1.57. The van der Waals surface area contributed by atoms with E-state index in [4.69, 9.17) is 4.74 Å². The second-order valence-electron chi connectivity index (χ2n) is 4.28. The molecule has 0 aromatic heterocycles. The van der Waals surface area contributed by atoms with Gasteiger partial charge in [0.05, 0.1) is 6.61 Å². The lowest BCUT2D eigenvalue weighted by Crippen LogP contribution is -2.06. The number of carbonyl (C=O) groups excluding carboxylic acids is 1. The summed E-state index contributed by atoms with van der Waals surface area (Å²) in [4.78, 5) is 10.4. The molecule has 1 fully saturated rings. The third kappa shape index (κ3) is 3.68. The molecule has 1 saturated carbocycles.